The second kappa shape index (κ2) is 8.44. The number of rotatable bonds is 6. The van der Waals surface area contributed by atoms with Gasteiger partial charge in [-0.3, -0.25) is 4.79 Å². The highest BCUT2D eigenvalue weighted by molar-refractivity contribution is 9.10. The van der Waals surface area contributed by atoms with Gasteiger partial charge in [0, 0.05) is 21.7 Å². The van der Waals surface area contributed by atoms with Crippen LogP contribution in [-0.2, 0) is 11.2 Å². The lowest BCUT2D eigenvalue weighted by Gasteiger charge is -2.18. The number of amides is 1. The topological polar surface area (TPSA) is 47.6 Å². The number of fused-ring (bicyclic) bond motifs is 1. The van der Waals surface area contributed by atoms with Gasteiger partial charge in [-0.1, -0.05) is 22.0 Å². The molecule has 1 aliphatic heterocycles. The molecule has 3 rings (SSSR count). The largest absolute Gasteiger partial charge is 0.486 e. The predicted octanol–water partition coefficient (Wildman–Crippen LogP) is 3.67. The fourth-order valence-corrected chi connectivity index (χ4v) is 3.37. The third-order valence-electron chi connectivity index (χ3n) is 3.48. The minimum Gasteiger partial charge on any atom is -0.486 e. The van der Waals surface area contributed by atoms with Crippen LogP contribution in [0.2, 0.25) is 0 Å². The second-order valence-electron chi connectivity index (χ2n) is 5.31. The Morgan fingerprint density at radius 3 is 2.62 bits per heavy atom. The normalized spacial score (nSPS) is 12.7. The van der Waals surface area contributed by atoms with E-state index >= 15 is 0 Å². The summed E-state index contributed by atoms with van der Waals surface area (Å²) in [6.45, 7) is 1.77. The van der Waals surface area contributed by atoms with Crippen LogP contribution in [0.1, 0.15) is 5.56 Å². The van der Waals surface area contributed by atoms with Crippen molar-refractivity contribution in [2.45, 2.75) is 11.3 Å². The highest BCUT2D eigenvalue weighted by Gasteiger charge is 2.13. The van der Waals surface area contributed by atoms with Crippen molar-refractivity contribution in [1.29, 1.82) is 0 Å². The number of carbonyl (C=O) groups excluding carboxylic acids is 1. The van der Waals surface area contributed by atoms with Crippen molar-refractivity contribution in [2.24, 2.45) is 0 Å². The van der Waals surface area contributed by atoms with E-state index in [2.05, 4.69) is 33.4 Å². The zero-order valence-electron chi connectivity index (χ0n) is 13.1. The third-order valence-corrected chi connectivity index (χ3v) is 5.02. The number of halogens is 1. The van der Waals surface area contributed by atoms with Crippen LogP contribution in [0.15, 0.2) is 51.8 Å². The van der Waals surface area contributed by atoms with E-state index in [4.69, 9.17) is 9.47 Å². The van der Waals surface area contributed by atoms with E-state index < -0.39 is 0 Å². The smallest absolute Gasteiger partial charge is 0.224 e. The summed E-state index contributed by atoms with van der Waals surface area (Å²) in [5.41, 5.74) is 0.928. The highest BCUT2D eigenvalue weighted by Crippen LogP contribution is 2.30. The van der Waals surface area contributed by atoms with Gasteiger partial charge >= 0.3 is 0 Å². The van der Waals surface area contributed by atoms with Gasteiger partial charge in [0.1, 0.15) is 13.2 Å². The van der Waals surface area contributed by atoms with E-state index in [0.717, 1.165) is 27.3 Å². The summed E-state index contributed by atoms with van der Waals surface area (Å²) >= 11 is 5.14. The lowest BCUT2D eigenvalue weighted by Crippen LogP contribution is -2.27. The van der Waals surface area contributed by atoms with Crippen LogP contribution in [0.4, 0.5) is 0 Å². The van der Waals surface area contributed by atoms with E-state index in [1.54, 1.807) is 11.8 Å². The Bertz CT molecular complexity index is 706. The fourth-order valence-electron chi connectivity index (χ4n) is 2.34. The van der Waals surface area contributed by atoms with Crippen LogP contribution in [0, 0.1) is 0 Å². The molecule has 1 N–H and O–H groups in total. The molecule has 0 bridgehead atoms. The van der Waals surface area contributed by atoms with Crippen molar-refractivity contribution >= 4 is 33.6 Å². The van der Waals surface area contributed by atoms with Crippen molar-refractivity contribution in [3.63, 3.8) is 0 Å². The molecule has 2 aromatic rings. The van der Waals surface area contributed by atoms with E-state index in [-0.39, 0.29) is 5.91 Å². The molecule has 0 saturated carbocycles. The number of hydrogen-bond donors (Lipinski definition) is 1. The van der Waals surface area contributed by atoms with Crippen LogP contribution < -0.4 is 14.8 Å². The molecule has 24 heavy (non-hydrogen) atoms. The van der Waals surface area contributed by atoms with Gasteiger partial charge in [0.25, 0.3) is 0 Å². The first-order valence-corrected chi connectivity index (χ1v) is 9.52. The molecular weight excluding hydrogens is 390 g/mol. The third kappa shape index (κ3) is 4.92. The van der Waals surface area contributed by atoms with Gasteiger partial charge in [0.15, 0.2) is 11.5 Å². The summed E-state index contributed by atoms with van der Waals surface area (Å²) in [6, 6.07) is 13.8. The molecule has 1 heterocycles. The first-order valence-electron chi connectivity index (χ1n) is 7.74. The number of carbonyl (C=O) groups is 1. The van der Waals surface area contributed by atoms with Gasteiger partial charge in [0.2, 0.25) is 5.91 Å². The Morgan fingerprint density at radius 1 is 1.08 bits per heavy atom. The standard InChI is InChI=1S/C18H18BrNO3S/c19-14-2-4-15(5-3-14)24-10-7-20-18(21)12-13-1-6-16-17(11-13)23-9-8-22-16/h1-6,11H,7-10,12H2,(H,20,21). The molecule has 4 nitrogen and oxygen atoms in total. The molecule has 1 amide bonds. The monoisotopic (exact) mass is 407 g/mol. The minimum atomic E-state index is 0.0167. The molecule has 0 radical (unpaired) electrons. The Morgan fingerprint density at radius 2 is 1.83 bits per heavy atom. The number of hydrogen-bond acceptors (Lipinski definition) is 4. The second-order valence-corrected chi connectivity index (χ2v) is 7.39. The molecule has 1 aliphatic rings. The lowest BCUT2D eigenvalue weighted by molar-refractivity contribution is -0.120. The molecule has 0 atom stereocenters. The molecule has 0 fully saturated rings. The number of benzene rings is 2. The summed E-state index contributed by atoms with van der Waals surface area (Å²) in [4.78, 5) is 13.2. The summed E-state index contributed by atoms with van der Waals surface area (Å²) in [7, 11) is 0. The first-order chi connectivity index (χ1) is 11.7. The first kappa shape index (κ1) is 17.2. The van der Waals surface area contributed by atoms with Gasteiger partial charge in [-0.15, -0.1) is 11.8 Å². The average molecular weight is 408 g/mol. The number of ether oxygens (including phenoxy) is 2. The van der Waals surface area contributed by atoms with Crippen molar-refractivity contribution in [1.82, 2.24) is 5.32 Å². The van der Waals surface area contributed by atoms with Crippen molar-refractivity contribution in [2.75, 3.05) is 25.5 Å². The van der Waals surface area contributed by atoms with E-state index in [0.29, 0.717) is 26.2 Å². The zero-order valence-corrected chi connectivity index (χ0v) is 15.5. The Labute approximate surface area is 154 Å². The maximum atomic E-state index is 12.0. The van der Waals surface area contributed by atoms with Gasteiger partial charge < -0.3 is 14.8 Å². The van der Waals surface area contributed by atoms with Crippen LogP contribution in [-0.4, -0.2) is 31.4 Å². The van der Waals surface area contributed by atoms with Crippen molar-refractivity contribution in [3.05, 3.63) is 52.5 Å². The molecule has 126 valence electrons. The molecule has 0 unspecified atom stereocenters. The SMILES string of the molecule is O=C(Cc1ccc2c(c1)OCCO2)NCCSc1ccc(Br)cc1. The van der Waals surface area contributed by atoms with Gasteiger partial charge in [-0.2, -0.15) is 0 Å². The van der Waals surface area contributed by atoms with Gasteiger partial charge in [-0.25, -0.2) is 0 Å². The van der Waals surface area contributed by atoms with Crippen LogP contribution >= 0.6 is 27.7 Å². The summed E-state index contributed by atoms with van der Waals surface area (Å²) in [5.74, 6) is 2.32. The Hall–Kier alpha value is -1.66. The molecule has 0 aromatic heterocycles. The maximum absolute atomic E-state index is 12.0. The van der Waals surface area contributed by atoms with E-state index in [9.17, 15) is 4.79 Å². The van der Waals surface area contributed by atoms with E-state index in [1.165, 1.54) is 4.90 Å². The highest BCUT2D eigenvalue weighted by atomic mass is 79.9. The number of thioether (sulfide) groups is 1. The van der Waals surface area contributed by atoms with Crippen molar-refractivity contribution < 1.29 is 14.3 Å². The maximum Gasteiger partial charge on any atom is 0.224 e. The Balaban J connectivity index is 1.41. The minimum absolute atomic E-state index is 0.0167. The fraction of sp³-hybridized carbons (Fsp3) is 0.278. The Kier molecular flexibility index (Phi) is 6.04. The van der Waals surface area contributed by atoms with Crippen LogP contribution in [0.5, 0.6) is 11.5 Å². The van der Waals surface area contributed by atoms with Gasteiger partial charge in [0.05, 0.1) is 6.42 Å². The van der Waals surface area contributed by atoms with E-state index in [1.807, 2.05) is 30.3 Å². The molecular formula is C18H18BrNO3S. The van der Waals surface area contributed by atoms with Crippen molar-refractivity contribution in [3.8, 4) is 11.5 Å². The average Bonchev–Trinajstić information content (AvgIpc) is 2.60. The van der Waals surface area contributed by atoms with Crippen LogP contribution in [0.25, 0.3) is 0 Å². The molecule has 6 heteroatoms. The van der Waals surface area contributed by atoms with Crippen LogP contribution in [0.3, 0.4) is 0 Å². The molecule has 0 spiro atoms. The summed E-state index contributed by atoms with van der Waals surface area (Å²) in [5, 5.41) is 2.95. The molecule has 2 aromatic carbocycles. The predicted molar refractivity (Wildman–Crippen MR) is 99.0 cm³/mol. The quantitative estimate of drug-likeness (QED) is 0.586. The lowest BCUT2D eigenvalue weighted by atomic mass is 10.1. The zero-order chi connectivity index (χ0) is 16.8. The summed E-state index contributed by atoms with van der Waals surface area (Å²) < 4.78 is 12.1. The summed E-state index contributed by atoms with van der Waals surface area (Å²) in [6.07, 6.45) is 0.347. The number of nitrogens with one attached hydrogen (secondary N) is 1. The molecule has 0 aliphatic carbocycles. The molecule has 0 saturated heterocycles. The van der Waals surface area contributed by atoms with Gasteiger partial charge in [-0.05, 0) is 42.0 Å².